The topological polar surface area (TPSA) is 81.2 Å². The third-order valence-electron chi connectivity index (χ3n) is 3.56. The van der Waals surface area contributed by atoms with E-state index in [0.717, 1.165) is 10.6 Å². The number of carbonyl (C=O) groups is 1. The van der Waals surface area contributed by atoms with Crippen LogP contribution in [0.1, 0.15) is 15.2 Å². The average Bonchev–Trinajstić information content (AvgIpc) is 3.03. The molecule has 0 aliphatic heterocycles. The Kier molecular flexibility index (Phi) is 4.38. The number of hydrogen-bond donors (Lipinski definition) is 1. The third-order valence-corrected chi connectivity index (χ3v) is 4.75. The predicted molar refractivity (Wildman–Crippen MR) is 83.3 cm³/mol. The van der Waals surface area contributed by atoms with Gasteiger partial charge in [0.15, 0.2) is 17.5 Å². The van der Waals surface area contributed by atoms with Gasteiger partial charge in [-0.05, 0) is 18.2 Å². The zero-order valence-electron chi connectivity index (χ0n) is 13.1. The van der Waals surface area contributed by atoms with Crippen molar-refractivity contribution >= 4 is 27.5 Å². The Balaban J connectivity index is 2.00. The highest BCUT2D eigenvalue weighted by molar-refractivity contribution is 7.20. The van der Waals surface area contributed by atoms with Crippen molar-refractivity contribution in [3.63, 3.8) is 0 Å². The van der Waals surface area contributed by atoms with Crippen molar-refractivity contribution in [3.05, 3.63) is 66.9 Å². The fourth-order valence-corrected chi connectivity index (χ4v) is 3.20. The fourth-order valence-electron chi connectivity index (χ4n) is 2.21. The molecule has 0 bridgehead atoms. The number of H-pyrrole nitrogens is 1. The zero-order valence-corrected chi connectivity index (χ0v) is 13.9. The Bertz CT molecular complexity index is 1200. The minimum Gasteiger partial charge on any atom is -0.393 e. The van der Waals surface area contributed by atoms with Crippen LogP contribution in [-0.2, 0) is 17.9 Å². The fraction of sp³-hybridized carbons (Fsp3) is 0.133. The molecule has 0 radical (unpaired) electrons. The Morgan fingerprint density at radius 1 is 1.19 bits per heavy atom. The summed E-state index contributed by atoms with van der Waals surface area (Å²) in [6.45, 7) is 0. The quantitative estimate of drug-likeness (QED) is 0.412. The smallest absolute Gasteiger partial charge is 0.393 e. The molecule has 0 aliphatic rings. The lowest BCUT2D eigenvalue weighted by Gasteiger charge is -2.17. The van der Waals surface area contributed by atoms with E-state index in [-0.39, 0.29) is 22.3 Å². The van der Waals surface area contributed by atoms with Gasteiger partial charge in [-0.1, -0.05) is 0 Å². The van der Waals surface area contributed by atoms with E-state index in [1.54, 1.807) is 0 Å². The minimum absolute atomic E-state index is 0.0121. The van der Waals surface area contributed by atoms with Gasteiger partial charge in [0.1, 0.15) is 15.3 Å². The van der Waals surface area contributed by atoms with E-state index in [1.807, 2.05) is 4.98 Å². The number of fused-ring (bicyclic) bond motifs is 1. The first-order valence-electron chi connectivity index (χ1n) is 7.01. The van der Waals surface area contributed by atoms with Crippen LogP contribution in [0.4, 0.5) is 22.0 Å². The lowest BCUT2D eigenvalue weighted by atomic mass is 10.2. The van der Waals surface area contributed by atoms with Crippen molar-refractivity contribution in [1.82, 2.24) is 9.55 Å². The molecule has 0 aliphatic carbocycles. The number of carbonyl (C=O) groups excluding carboxylic acids is 1. The summed E-state index contributed by atoms with van der Waals surface area (Å²) in [7, 11) is 1.28. The number of aromatic amines is 1. The summed E-state index contributed by atoms with van der Waals surface area (Å²) in [5.41, 5.74) is -3.31. The number of aryl methyl sites for hydroxylation is 1. The molecule has 142 valence electrons. The van der Waals surface area contributed by atoms with Crippen molar-refractivity contribution < 1.29 is 31.5 Å². The first-order valence-corrected chi connectivity index (χ1v) is 7.82. The monoisotopic (exact) mass is 406 g/mol. The van der Waals surface area contributed by atoms with Crippen molar-refractivity contribution in [1.29, 1.82) is 0 Å². The van der Waals surface area contributed by atoms with E-state index >= 15 is 0 Å². The summed E-state index contributed by atoms with van der Waals surface area (Å²) in [5.74, 6) is -7.70. The number of thiophene rings is 1. The molecule has 1 N–H and O–H groups in total. The van der Waals surface area contributed by atoms with E-state index in [0.29, 0.717) is 11.3 Å². The molecule has 1 aromatic carbocycles. The Morgan fingerprint density at radius 2 is 1.85 bits per heavy atom. The number of ether oxygens (including phenoxy) is 1. The number of hydrogen-bond acceptors (Lipinski definition) is 5. The second-order valence-corrected chi connectivity index (χ2v) is 6.31. The molecule has 0 amide bonds. The van der Waals surface area contributed by atoms with Gasteiger partial charge >= 0.3 is 17.8 Å². The van der Waals surface area contributed by atoms with Crippen LogP contribution in [0.25, 0.3) is 10.2 Å². The van der Waals surface area contributed by atoms with Crippen LogP contribution in [0.5, 0.6) is 0 Å². The van der Waals surface area contributed by atoms with E-state index in [9.17, 15) is 36.3 Å². The molecule has 0 saturated heterocycles. The number of nitrogens with one attached hydrogen (secondary N) is 1. The van der Waals surface area contributed by atoms with Gasteiger partial charge in [-0.15, -0.1) is 11.3 Å². The number of nitrogens with zero attached hydrogens (tertiary/aromatic N) is 1. The normalized spacial score (nSPS) is 11.8. The first kappa shape index (κ1) is 18.8. The molecule has 12 heteroatoms. The second-order valence-electron chi connectivity index (χ2n) is 5.28. The highest BCUT2D eigenvalue weighted by Gasteiger charge is 2.41. The number of esters is 1. The van der Waals surface area contributed by atoms with Gasteiger partial charge in [0, 0.05) is 7.05 Å². The highest BCUT2D eigenvalue weighted by Crippen LogP contribution is 2.35. The summed E-state index contributed by atoms with van der Waals surface area (Å²) < 4.78 is 72.6. The maximum absolute atomic E-state index is 14.1. The number of rotatable bonds is 3. The van der Waals surface area contributed by atoms with E-state index < -0.39 is 51.2 Å². The molecule has 3 aromatic rings. The zero-order chi connectivity index (χ0) is 20.1. The third kappa shape index (κ3) is 3.12. The van der Waals surface area contributed by atoms with Crippen molar-refractivity contribution in [2.45, 2.75) is 6.11 Å². The SMILES string of the molecule is Cn1c(=O)[nH]c(=O)c2cc(C(=O)OC(F)(F)c3ccc(F)c(F)c3F)sc21. The van der Waals surface area contributed by atoms with Crippen molar-refractivity contribution in [2.75, 3.05) is 0 Å². The molecule has 2 aromatic heterocycles. The van der Waals surface area contributed by atoms with Gasteiger partial charge in [-0.25, -0.2) is 22.8 Å². The molecular weight excluding hydrogens is 399 g/mol. The standard InChI is InChI=1S/C15H7F5N2O4S/c1-22-12-5(11(23)21-14(22)25)4-8(27-12)13(24)26-15(19,20)6-2-3-7(16)10(18)9(6)17/h2-4H,1H3,(H,21,23,25). The number of halogens is 5. The van der Waals surface area contributed by atoms with Gasteiger partial charge in [0.2, 0.25) is 0 Å². The maximum atomic E-state index is 14.1. The molecule has 0 spiro atoms. The molecular formula is C15H7F5N2O4S. The maximum Gasteiger partial charge on any atom is 0.431 e. The predicted octanol–water partition coefficient (Wildman–Crippen LogP) is 2.61. The van der Waals surface area contributed by atoms with Crippen LogP contribution in [-0.4, -0.2) is 15.5 Å². The summed E-state index contributed by atoms with van der Waals surface area (Å²) in [6.07, 6.45) is -4.62. The minimum atomic E-state index is -4.62. The summed E-state index contributed by atoms with van der Waals surface area (Å²) >= 11 is 0.513. The summed E-state index contributed by atoms with van der Waals surface area (Å²) in [6, 6.07) is 1.41. The van der Waals surface area contributed by atoms with Gasteiger partial charge in [0.05, 0.1) is 5.39 Å². The second kappa shape index (κ2) is 6.30. The Morgan fingerprint density at radius 3 is 2.52 bits per heavy atom. The van der Waals surface area contributed by atoms with Crippen molar-refractivity contribution in [3.8, 4) is 0 Å². The van der Waals surface area contributed by atoms with E-state index in [2.05, 4.69) is 4.74 Å². The average molecular weight is 406 g/mol. The lowest BCUT2D eigenvalue weighted by Crippen LogP contribution is -2.27. The Labute approximate surface area is 149 Å². The summed E-state index contributed by atoms with van der Waals surface area (Å²) in [5, 5.41) is -0.128. The van der Waals surface area contributed by atoms with Crippen LogP contribution >= 0.6 is 11.3 Å². The molecule has 3 rings (SSSR count). The van der Waals surface area contributed by atoms with Crippen LogP contribution in [0.2, 0.25) is 0 Å². The van der Waals surface area contributed by atoms with E-state index in [4.69, 9.17) is 0 Å². The Hall–Kier alpha value is -3.02. The van der Waals surface area contributed by atoms with Crippen LogP contribution in [0, 0.1) is 17.5 Å². The lowest BCUT2D eigenvalue weighted by molar-refractivity contribution is -0.211. The molecule has 2 heterocycles. The highest BCUT2D eigenvalue weighted by atomic mass is 32.1. The van der Waals surface area contributed by atoms with Crippen LogP contribution < -0.4 is 11.2 Å². The summed E-state index contributed by atoms with van der Waals surface area (Å²) in [4.78, 5) is 36.7. The molecule has 0 fully saturated rings. The van der Waals surface area contributed by atoms with Gasteiger partial charge < -0.3 is 4.74 Å². The molecule has 6 nitrogen and oxygen atoms in total. The van der Waals surface area contributed by atoms with Crippen molar-refractivity contribution in [2.24, 2.45) is 7.05 Å². The molecule has 0 saturated carbocycles. The van der Waals surface area contributed by atoms with Gasteiger partial charge in [-0.2, -0.15) is 8.78 Å². The van der Waals surface area contributed by atoms with Crippen LogP contribution in [0.3, 0.4) is 0 Å². The molecule has 0 atom stereocenters. The van der Waals surface area contributed by atoms with E-state index in [1.165, 1.54) is 7.05 Å². The molecule has 27 heavy (non-hydrogen) atoms. The van der Waals surface area contributed by atoms with Crippen LogP contribution in [0.15, 0.2) is 27.8 Å². The number of aromatic nitrogens is 2. The van der Waals surface area contributed by atoms with Gasteiger partial charge in [0.25, 0.3) is 5.56 Å². The number of alkyl halides is 2. The number of benzene rings is 1. The largest absolute Gasteiger partial charge is 0.431 e. The van der Waals surface area contributed by atoms with Gasteiger partial charge in [-0.3, -0.25) is 14.3 Å². The molecule has 0 unspecified atom stereocenters. The first-order chi connectivity index (χ1) is 12.5.